The Labute approximate surface area is 128 Å². The molecule has 0 radical (unpaired) electrons. The maximum Gasteiger partial charge on any atom is 0.243 e. The highest BCUT2D eigenvalue weighted by atomic mass is 16.5. The first-order valence-corrected chi connectivity index (χ1v) is 7.82. The second-order valence-electron chi connectivity index (χ2n) is 5.81. The molecule has 1 amide bonds. The van der Waals surface area contributed by atoms with Crippen molar-refractivity contribution in [1.82, 2.24) is 15.1 Å². The van der Waals surface area contributed by atoms with Gasteiger partial charge in [0.05, 0.1) is 6.61 Å². The van der Waals surface area contributed by atoms with Crippen molar-refractivity contribution in [2.24, 2.45) is 10.9 Å². The maximum absolute atomic E-state index is 11.7. The number of rotatable bonds is 7. The summed E-state index contributed by atoms with van der Waals surface area (Å²) in [6, 6.07) is 0. The fourth-order valence-corrected chi connectivity index (χ4v) is 2.08. The molecule has 0 aromatic heterocycles. The molecule has 6 nitrogen and oxygen atoms in total. The zero-order valence-electron chi connectivity index (χ0n) is 13.9. The Morgan fingerprint density at radius 2 is 2.14 bits per heavy atom. The zero-order valence-corrected chi connectivity index (χ0v) is 13.9. The number of carbonyl (C=O) groups is 1. The van der Waals surface area contributed by atoms with E-state index in [0.717, 1.165) is 51.5 Å². The molecule has 21 heavy (non-hydrogen) atoms. The van der Waals surface area contributed by atoms with E-state index in [2.05, 4.69) is 22.1 Å². The number of likely N-dealkylation sites (N-methyl/N-ethyl adjacent to an activating group) is 1. The normalized spacial score (nSPS) is 18.7. The topological polar surface area (TPSA) is 57.2 Å². The van der Waals surface area contributed by atoms with Crippen LogP contribution in [0, 0.1) is 5.92 Å². The van der Waals surface area contributed by atoms with Crippen molar-refractivity contribution in [3.63, 3.8) is 0 Å². The van der Waals surface area contributed by atoms with Gasteiger partial charge in [-0.05, 0) is 12.8 Å². The Balaban J connectivity index is 2.54. The van der Waals surface area contributed by atoms with Gasteiger partial charge in [0, 0.05) is 46.8 Å². The lowest BCUT2D eigenvalue weighted by atomic mass is 10.1. The first kappa shape index (κ1) is 17.8. The van der Waals surface area contributed by atoms with Gasteiger partial charge in [0.2, 0.25) is 5.91 Å². The van der Waals surface area contributed by atoms with Crippen LogP contribution in [-0.2, 0) is 9.53 Å². The summed E-state index contributed by atoms with van der Waals surface area (Å²) in [5, 5.41) is 3.39. The molecule has 122 valence electrons. The maximum atomic E-state index is 11.7. The third-order valence-electron chi connectivity index (χ3n) is 3.64. The highest BCUT2D eigenvalue weighted by molar-refractivity contribution is 5.84. The van der Waals surface area contributed by atoms with E-state index in [-0.39, 0.29) is 12.5 Å². The van der Waals surface area contributed by atoms with Crippen LogP contribution in [0.15, 0.2) is 4.99 Å². The van der Waals surface area contributed by atoms with Crippen LogP contribution in [0.4, 0.5) is 0 Å². The number of amides is 1. The summed E-state index contributed by atoms with van der Waals surface area (Å²) in [4.78, 5) is 19.8. The van der Waals surface area contributed by atoms with E-state index in [1.54, 1.807) is 19.0 Å². The Hall–Kier alpha value is -1.30. The number of hydrogen-bond acceptors (Lipinski definition) is 3. The van der Waals surface area contributed by atoms with Crippen LogP contribution >= 0.6 is 0 Å². The van der Waals surface area contributed by atoms with E-state index < -0.39 is 0 Å². The summed E-state index contributed by atoms with van der Waals surface area (Å²) in [5.74, 6) is 1.37. The number of carbonyl (C=O) groups excluding carboxylic acids is 1. The molecule has 1 heterocycles. The van der Waals surface area contributed by atoms with E-state index >= 15 is 0 Å². The predicted octanol–water partition coefficient (Wildman–Crippen LogP) is 0.789. The molecule has 1 unspecified atom stereocenters. The van der Waals surface area contributed by atoms with Crippen LogP contribution in [0.25, 0.3) is 0 Å². The summed E-state index contributed by atoms with van der Waals surface area (Å²) >= 11 is 0. The number of aliphatic imine (C=N–C) groups is 1. The molecular weight excluding hydrogens is 268 g/mol. The molecule has 1 atom stereocenters. The summed E-state index contributed by atoms with van der Waals surface area (Å²) < 4.78 is 5.39. The highest BCUT2D eigenvalue weighted by Crippen LogP contribution is 2.10. The van der Waals surface area contributed by atoms with Crippen molar-refractivity contribution in [3.05, 3.63) is 0 Å². The summed E-state index contributed by atoms with van der Waals surface area (Å²) in [5.41, 5.74) is 0. The molecule has 1 fully saturated rings. The van der Waals surface area contributed by atoms with Gasteiger partial charge in [0.15, 0.2) is 5.96 Å². The Morgan fingerprint density at radius 3 is 2.71 bits per heavy atom. The van der Waals surface area contributed by atoms with Crippen LogP contribution in [0.5, 0.6) is 0 Å². The van der Waals surface area contributed by atoms with Crippen molar-refractivity contribution in [1.29, 1.82) is 0 Å². The first-order valence-electron chi connectivity index (χ1n) is 7.82. The third kappa shape index (κ3) is 6.80. The van der Waals surface area contributed by atoms with Crippen molar-refractivity contribution in [3.8, 4) is 0 Å². The fourth-order valence-electron chi connectivity index (χ4n) is 2.08. The van der Waals surface area contributed by atoms with Gasteiger partial charge < -0.3 is 19.9 Å². The fraction of sp³-hybridized carbons (Fsp3) is 0.867. The molecule has 1 aliphatic rings. The number of ether oxygens (including phenoxy) is 1. The molecule has 1 rings (SSSR count). The number of nitrogens with one attached hydrogen (secondary N) is 1. The Kier molecular flexibility index (Phi) is 8.12. The quantitative estimate of drug-likeness (QED) is 0.558. The minimum atomic E-state index is 0.0161. The molecule has 0 saturated carbocycles. The van der Waals surface area contributed by atoms with Crippen LogP contribution in [0.3, 0.4) is 0 Å². The summed E-state index contributed by atoms with van der Waals surface area (Å²) in [7, 11) is 5.52. The second kappa shape index (κ2) is 9.60. The molecule has 6 heteroatoms. The van der Waals surface area contributed by atoms with Crippen LogP contribution in [0.1, 0.15) is 26.2 Å². The van der Waals surface area contributed by atoms with Gasteiger partial charge in [-0.25, -0.2) is 4.99 Å². The predicted molar refractivity (Wildman–Crippen MR) is 85.5 cm³/mol. The smallest absolute Gasteiger partial charge is 0.243 e. The summed E-state index contributed by atoms with van der Waals surface area (Å²) in [6.07, 6.45) is 3.35. The molecule has 1 saturated heterocycles. The molecule has 0 spiro atoms. The summed E-state index contributed by atoms with van der Waals surface area (Å²) in [6.45, 7) is 5.82. The van der Waals surface area contributed by atoms with Crippen molar-refractivity contribution in [2.45, 2.75) is 26.2 Å². The molecule has 0 aliphatic carbocycles. The van der Waals surface area contributed by atoms with Gasteiger partial charge in [0.25, 0.3) is 0 Å². The van der Waals surface area contributed by atoms with Gasteiger partial charge in [-0.1, -0.05) is 13.3 Å². The lowest BCUT2D eigenvalue weighted by Gasteiger charge is -2.23. The Bertz CT molecular complexity index is 339. The largest absolute Gasteiger partial charge is 0.381 e. The lowest BCUT2D eigenvalue weighted by molar-refractivity contribution is -0.127. The minimum absolute atomic E-state index is 0.0161. The van der Waals surface area contributed by atoms with Gasteiger partial charge >= 0.3 is 0 Å². The standard InChI is InChI=1S/C15H30N4O2/c1-5-6-8-19(4)15(17-11-14(20)18(2)3)16-10-13-7-9-21-12-13/h13H,5-12H2,1-4H3,(H,16,17). The molecule has 0 bridgehead atoms. The average molecular weight is 298 g/mol. The minimum Gasteiger partial charge on any atom is -0.381 e. The average Bonchev–Trinajstić information content (AvgIpc) is 2.97. The number of hydrogen-bond donors (Lipinski definition) is 1. The van der Waals surface area contributed by atoms with E-state index in [4.69, 9.17) is 4.74 Å². The van der Waals surface area contributed by atoms with Gasteiger partial charge in [-0.15, -0.1) is 0 Å². The SMILES string of the molecule is CCCCN(C)C(=NCC(=O)N(C)C)NCC1CCOC1. The molecule has 0 aromatic rings. The second-order valence-corrected chi connectivity index (χ2v) is 5.81. The van der Waals surface area contributed by atoms with Crippen molar-refractivity contribution in [2.75, 3.05) is 54.0 Å². The van der Waals surface area contributed by atoms with Gasteiger partial charge in [0.1, 0.15) is 6.54 Å². The molecule has 1 aliphatic heterocycles. The van der Waals surface area contributed by atoms with E-state index in [0.29, 0.717) is 5.92 Å². The van der Waals surface area contributed by atoms with Crippen molar-refractivity contribution < 1.29 is 9.53 Å². The third-order valence-corrected chi connectivity index (χ3v) is 3.64. The lowest BCUT2D eigenvalue weighted by Crippen LogP contribution is -2.42. The van der Waals surface area contributed by atoms with Crippen LogP contribution in [-0.4, -0.2) is 75.7 Å². The monoisotopic (exact) mass is 298 g/mol. The van der Waals surface area contributed by atoms with Crippen LogP contribution in [0.2, 0.25) is 0 Å². The molecule has 0 aromatic carbocycles. The van der Waals surface area contributed by atoms with Crippen molar-refractivity contribution >= 4 is 11.9 Å². The first-order chi connectivity index (χ1) is 10.0. The van der Waals surface area contributed by atoms with Gasteiger partial charge in [-0.3, -0.25) is 4.79 Å². The molecular formula is C15H30N4O2. The highest BCUT2D eigenvalue weighted by Gasteiger charge is 2.17. The number of nitrogens with zero attached hydrogens (tertiary/aromatic N) is 3. The molecule has 1 N–H and O–H groups in total. The number of guanidine groups is 1. The van der Waals surface area contributed by atoms with E-state index in [9.17, 15) is 4.79 Å². The van der Waals surface area contributed by atoms with Gasteiger partial charge in [-0.2, -0.15) is 0 Å². The Morgan fingerprint density at radius 1 is 1.38 bits per heavy atom. The number of unbranched alkanes of at least 4 members (excludes halogenated alkanes) is 1. The zero-order chi connectivity index (χ0) is 15.7. The van der Waals surface area contributed by atoms with E-state index in [1.165, 1.54) is 0 Å². The van der Waals surface area contributed by atoms with Crippen LogP contribution < -0.4 is 5.32 Å². The van der Waals surface area contributed by atoms with E-state index in [1.807, 2.05) is 7.05 Å².